The largest absolute Gasteiger partial charge is 0.480 e. The van der Waals surface area contributed by atoms with E-state index in [2.05, 4.69) is 12.2 Å². The molecule has 0 bridgehead atoms. The van der Waals surface area contributed by atoms with Crippen molar-refractivity contribution in [2.24, 2.45) is 5.92 Å². The number of nitrogens with zero attached hydrogens (tertiary/aromatic N) is 2. The van der Waals surface area contributed by atoms with Gasteiger partial charge in [0.05, 0.1) is 6.54 Å². The third-order valence-corrected chi connectivity index (χ3v) is 5.74. The minimum atomic E-state index is -0.792. The second kappa shape index (κ2) is 9.25. The molecule has 1 heterocycles. The normalized spacial score (nSPS) is 28.5. The number of carboxylic acids is 1. The van der Waals surface area contributed by atoms with Gasteiger partial charge in [0.1, 0.15) is 0 Å². The highest BCUT2D eigenvalue weighted by molar-refractivity contribution is 5.74. The van der Waals surface area contributed by atoms with Crippen LogP contribution < -0.4 is 5.32 Å². The van der Waals surface area contributed by atoms with Crippen LogP contribution in [-0.2, 0) is 4.79 Å². The van der Waals surface area contributed by atoms with Gasteiger partial charge in [0.2, 0.25) is 0 Å². The monoisotopic (exact) mass is 339 g/mol. The number of nitrogens with one attached hydrogen (secondary N) is 1. The van der Waals surface area contributed by atoms with Crippen molar-refractivity contribution in [2.75, 3.05) is 26.7 Å². The first-order valence-corrected chi connectivity index (χ1v) is 9.48. The minimum absolute atomic E-state index is 0.0666. The smallest absolute Gasteiger partial charge is 0.317 e. The number of urea groups is 1. The van der Waals surface area contributed by atoms with Crippen LogP contribution in [0.1, 0.15) is 58.3 Å². The van der Waals surface area contributed by atoms with Crippen LogP contribution in [-0.4, -0.2) is 65.7 Å². The van der Waals surface area contributed by atoms with Gasteiger partial charge in [-0.1, -0.05) is 26.2 Å². The molecule has 138 valence electrons. The number of carbonyl (C=O) groups excluding carboxylic acids is 1. The van der Waals surface area contributed by atoms with Gasteiger partial charge in [-0.25, -0.2) is 4.79 Å². The van der Waals surface area contributed by atoms with Gasteiger partial charge >= 0.3 is 12.0 Å². The molecule has 0 radical (unpaired) electrons. The molecule has 0 aromatic rings. The Balaban J connectivity index is 1.84. The van der Waals surface area contributed by atoms with Gasteiger partial charge in [-0.3, -0.25) is 9.69 Å². The molecule has 1 saturated carbocycles. The lowest BCUT2D eigenvalue weighted by atomic mass is 9.83. The SMILES string of the molecule is CCC1CCCCC1NC(=O)N1CCCC(N(C)CC(=O)O)CC1. The topological polar surface area (TPSA) is 72.9 Å². The standard InChI is InChI=1S/C18H33N3O3/c1-3-14-7-4-5-9-16(14)19-18(24)21-11-6-8-15(10-12-21)20(2)13-17(22)23/h14-16H,3-13H2,1-2H3,(H,19,24)(H,22,23). The molecule has 6 heteroatoms. The maximum atomic E-state index is 12.6. The highest BCUT2D eigenvalue weighted by atomic mass is 16.4. The van der Waals surface area contributed by atoms with Crippen LogP contribution in [0, 0.1) is 5.92 Å². The Kier molecular flexibility index (Phi) is 7.34. The number of carboxylic acid groups (broad SMARTS) is 1. The maximum Gasteiger partial charge on any atom is 0.317 e. The lowest BCUT2D eigenvalue weighted by Gasteiger charge is -2.33. The number of aliphatic carboxylic acids is 1. The van der Waals surface area contributed by atoms with E-state index in [1.165, 1.54) is 19.3 Å². The number of rotatable bonds is 5. The fourth-order valence-corrected chi connectivity index (χ4v) is 4.20. The third kappa shape index (κ3) is 5.36. The number of hydrogen-bond acceptors (Lipinski definition) is 3. The summed E-state index contributed by atoms with van der Waals surface area (Å²) in [5, 5.41) is 12.2. The van der Waals surface area contributed by atoms with Crippen LogP contribution in [0.25, 0.3) is 0 Å². The Morgan fingerprint density at radius 2 is 1.88 bits per heavy atom. The molecule has 2 amide bonds. The van der Waals surface area contributed by atoms with Crippen LogP contribution in [0.4, 0.5) is 4.79 Å². The van der Waals surface area contributed by atoms with E-state index >= 15 is 0 Å². The molecule has 1 saturated heterocycles. The van der Waals surface area contributed by atoms with Crippen molar-refractivity contribution in [3.05, 3.63) is 0 Å². The Bertz CT molecular complexity index is 430. The molecule has 2 N–H and O–H groups in total. The molecular weight excluding hydrogens is 306 g/mol. The van der Waals surface area contributed by atoms with Crippen LogP contribution in [0.2, 0.25) is 0 Å². The maximum absolute atomic E-state index is 12.6. The quantitative estimate of drug-likeness (QED) is 0.807. The summed E-state index contributed by atoms with van der Waals surface area (Å²) in [5.74, 6) is -0.177. The van der Waals surface area contributed by atoms with Gasteiger partial charge in [0.15, 0.2) is 0 Å². The fraction of sp³-hybridized carbons (Fsp3) is 0.889. The third-order valence-electron chi connectivity index (χ3n) is 5.74. The zero-order chi connectivity index (χ0) is 17.5. The van der Waals surface area contributed by atoms with Crippen LogP contribution in [0.15, 0.2) is 0 Å². The summed E-state index contributed by atoms with van der Waals surface area (Å²) in [7, 11) is 1.86. The number of carbonyl (C=O) groups is 2. The molecule has 6 nitrogen and oxygen atoms in total. The van der Waals surface area contributed by atoms with E-state index in [1.54, 1.807) is 0 Å². The molecule has 0 aromatic carbocycles. The van der Waals surface area contributed by atoms with Crippen molar-refractivity contribution in [2.45, 2.75) is 70.4 Å². The van der Waals surface area contributed by atoms with Gasteiger partial charge in [-0.15, -0.1) is 0 Å². The average molecular weight is 339 g/mol. The van der Waals surface area contributed by atoms with Gasteiger partial charge in [0.25, 0.3) is 0 Å². The van der Waals surface area contributed by atoms with E-state index < -0.39 is 5.97 Å². The zero-order valence-corrected chi connectivity index (χ0v) is 15.2. The fourth-order valence-electron chi connectivity index (χ4n) is 4.20. The summed E-state index contributed by atoms with van der Waals surface area (Å²) in [6.45, 7) is 3.76. The Morgan fingerprint density at radius 1 is 1.12 bits per heavy atom. The molecule has 3 atom stereocenters. The van der Waals surface area contributed by atoms with Gasteiger partial charge in [0, 0.05) is 25.2 Å². The van der Waals surface area contributed by atoms with Gasteiger partial charge in [-0.2, -0.15) is 0 Å². The lowest BCUT2D eigenvalue weighted by Crippen LogP contribution is -2.49. The zero-order valence-electron chi connectivity index (χ0n) is 15.2. The first-order chi connectivity index (χ1) is 11.5. The molecule has 24 heavy (non-hydrogen) atoms. The van der Waals surface area contributed by atoms with E-state index in [0.717, 1.165) is 38.6 Å². The van der Waals surface area contributed by atoms with Gasteiger partial charge < -0.3 is 15.3 Å². The summed E-state index contributed by atoms with van der Waals surface area (Å²) in [5.41, 5.74) is 0. The highest BCUT2D eigenvalue weighted by Gasteiger charge is 2.28. The van der Waals surface area contributed by atoms with E-state index in [0.29, 0.717) is 18.5 Å². The number of hydrogen-bond donors (Lipinski definition) is 2. The van der Waals surface area contributed by atoms with Crippen molar-refractivity contribution in [1.29, 1.82) is 0 Å². The predicted molar refractivity (Wildman–Crippen MR) is 94.0 cm³/mol. The van der Waals surface area contributed by atoms with Crippen molar-refractivity contribution in [1.82, 2.24) is 15.1 Å². The van der Waals surface area contributed by atoms with Crippen LogP contribution >= 0.6 is 0 Å². The van der Waals surface area contributed by atoms with Crippen molar-refractivity contribution in [3.63, 3.8) is 0 Å². The van der Waals surface area contributed by atoms with Crippen molar-refractivity contribution < 1.29 is 14.7 Å². The Morgan fingerprint density at radius 3 is 2.58 bits per heavy atom. The molecule has 2 rings (SSSR count). The summed E-state index contributed by atoms with van der Waals surface area (Å²) in [6, 6.07) is 0.642. The van der Waals surface area contributed by atoms with Gasteiger partial charge in [-0.05, 0) is 45.1 Å². The first kappa shape index (κ1) is 19.0. The predicted octanol–water partition coefficient (Wildman–Crippen LogP) is 2.54. The molecular formula is C18H33N3O3. The summed E-state index contributed by atoms with van der Waals surface area (Å²) < 4.78 is 0. The number of likely N-dealkylation sites (N-methyl/N-ethyl adjacent to an activating group) is 1. The van der Waals surface area contributed by atoms with E-state index in [-0.39, 0.29) is 18.6 Å². The van der Waals surface area contributed by atoms with Crippen molar-refractivity contribution in [3.8, 4) is 0 Å². The molecule has 1 aliphatic carbocycles. The summed E-state index contributed by atoms with van der Waals surface area (Å²) >= 11 is 0. The molecule has 3 unspecified atom stereocenters. The summed E-state index contributed by atoms with van der Waals surface area (Å²) in [6.07, 6.45) is 8.69. The van der Waals surface area contributed by atoms with E-state index in [1.807, 2.05) is 16.8 Å². The minimum Gasteiger partial charge on any atom is -0.480 e. The molecule has 1 aliphatic heterocycles. The summed E-state index contributed by atoms with van der Waals surface area (Å²) in [4.78, 5) is 27.3. The number of likely N-dealkylation sites (tertiary alicyclic amines) is 1. The average Bonchev–Trinajstić information content (AvgIpc) is 2.81. The Labute approximate surface area is 145 Å². The van der Waals surface area contributed by atoms with Crippen LogP contribution in [0.5, 0.6) is 0 Å². The molecule has 2 fully saturated rings. The first-order valence-electron chi connectivity index (χ1n) is 9.48. The molecule has 2 aliphatic rings. The second-order valence-corrected chi connectivity index (χ2v) is 7.39. The molecule has 0 spiro atoms. The van der Waals surface area contributed by atoms with Crippen LogP contribution in [0.3, 0.4) is 0 Å². The molecule has 0 aromatic heterocycles. The highest BCUT2D eigenvalue weighted by Crippen LogP contribution is 2.27. The van der Waals surface area contributed by atoms with E-state index in [9.17, 15) is 9.59 Å². The lowest BCUT2D eigenvalue weighted by molar-refractivity contribution is -0.138. The number of amides is 2. The Hall–Kier alpha value is -1.30. The van der Waals surface area contributed by atoms with E-state index in [4.69, 9.17) is 5.11 Å². The second-order valence-electron chi connectivity index (χ2n) is 7.39. The van der Waals surface area contributed by atoms with Crippen molar-refractivity contribution >= 4 is 12.0 Å².